The number of quaternary nitrogens is 1. The van der Waals surface area contributed by atoms with Crippen molar-refractivity contribution in [3.05, 3.63) is 36.5 Å². The maximum absolute atomic E-state index is 13.0. The first kappa shape index (κ1) is 105. The van der Waals surface area contributed by atoms with Crippen LogP contribution in [0.1, 0.15) is 515 Å². The Kier molecular flexibility index (Phi) is 87.0. The lowest BCUT2D eigenvalue weighted by atomic mass is 10.0. The zero-order valence-electron chi connectivity index (χ0n) is 72.9. The molecule has 0 radical (unpaired) electrons. The minimum absolute atomic E-state index is 0.173. The molecule has 0 heterocycles. The van der Waals surface area contributed by atoms with Crippen molar-refractivity contribution in [3.8, 4) is 0 Å². The molecule has 1 N–H and O–H groups in total. The molecule has 632 valence electrons. The lowest BCUT2D eigenvalue weighted by Crippen LogP contribution is -2.40. The van der Waals surface area contributed by atoms with E-state index in [1.54, 1.807) is 0 Å². The number of esters is 2. The predicted octanol–water partition coefficient (Wildman–Crippen LogP) is 31.7. The van der Waals surface area contributed by atoms with E-state index >= 15 is 0 Å². The number of carboxylic acid groups (broad SMARTS) is 1. The van der Waals surface area contributed by atoms with Crippen LogP contribution in [-0.4, -0.2) is 87.4 Å². The van der Waals surface area contributed by atoms with Gasteiger partial charge in [0, 0.05) is 12.8 Å². The summed E-state index contributed by atoms with van der Waals surface area (Å²) in [6.45, 7) is 4.96. The summed E-state index contributed by atoms with van der Waals surface area (Å²) in [4.78, 5) is 37.9. The Morgan fingerprint density at radius 3 is 0.748 bits per heavy atom. The van der Waals surface area contributed by atoms with E-state index in [0.29, 0.717) is 17.4 Å². The van der Waals surface area contributed by atoms with Crippen molar-refractivity contribution >= 4 is 17.9 Å². The summed E-state index contributed by atoms with van der Waals surface area (Å²) in [6.07, 6.45) is 115. The molecule has 0 aliphatic carbocycles. The van der Waals surface area contributed by atoms with Gasteiger partial charge in [0.2, 0.25) is 0 Å². The van der Waals surface area contributed by atoms with E-state index in [1.807, 2.05) is 21.1 Å². The van der Waals surface area contributed by atoms with Gasteiger partial charge in [0.1, 0.15) is 13.2 Å². The first-order valence-electron chi connectivity index (χ1n) is 48.2. The number of rotatable bonds is 92. The first-order chi connectivity index (χ1) is 52.6. The van der Waals surface area contributed by atoms with Gasteiger partial charge < -0.3 is 28.5 Å². The second-order valence-electron chi connectivity index (χ2n) is 34.4. The van der Waals surface area contributed by atoms with E-state index in [1.165, 1.54) is 443 Å². The molecule has 0 rings (SSSR count). The van der Waals surface area contributed by atoms with Gasteiger partial charge in [-0.2, -0.15) is 0 Å². The van der Waals surface area contributed by atoms with Crippen molar-refractivity contribution in [3.63, 3.8) is 0 Å². The number of carbonyl (C=O) groups is 3. The molecule has 0 fully saturated rings. The molecule has 9 heteroatoms. The van der Waals surface area contributed by atoms with E-state index in [9.17, 15) is 19.5 Å². The van der Waals surface area contributed by atoms with E-state index in [0.717, 1.165) is 44.9 Å². The molecule has 2 unspecified atom stereocenters. The van der Waals surface area contributed by atoms with Crippen LogP contribution < -0.4 is 0 Å². The van der Waals surface area contributed by atoms with E-state index in [-0.39, 0.29) is 38.2 Å². The minimum Gasteiger partial charge on any atom is -0.477 e. The van der Waals surface area contributed by atoms with Crippen LogP contribution in [0.25, 0.3) is 0 Å². The zero-order valence-corrected chi connectivity index (χ0v) is 72.9. The van der Waals surface area contributed by atoms with Crippen LogP contribution in [0.4, 0.5) is 0 Å². The molecule has 2 atom stereocenters. The van der Waals surface area contributed by atoms with E-state index < -0.39 is 18.4 Å². The molecule has 0 bridgehead atoms. The average molecular weight is 1510 g/mol. The van der Waals surface area contributed by atoms with Crippen LogP contribution >= 0.6 is 0 Å². The molecule has 0 aliphatic rings. The van der Waals surface area contributed by atoms with Crippen LogP contribution in [-0.2, 0) is 33.3 Å². The number of unbranched alkanes of at least 4 members (excludes halogenated alkanes) is 71. The molecule has 0 amide bonds. The summed E-state index contributed by atoms with van der Waals surface area (Å²) in [6, 6.07) is 0. The smallest absolute Gasteiger partial charge is 0.361 e. The number of likely N-dealkylation sites (N-methyl/N-ethyl adjacent to an activating group) is 1. The number of carbonyl (C=O) groups excluding carboxylic acids is 2. The summed E-state index contributed by atoms with van der Waals surface area (Å²) in [7, 11) is 6.01. The van der Waals surface area contributed by atoms with Gasteiger partial charge in [-0.05, 0) is 70.6 Å². The van der Waals surface area contributed by atoms with Gasteiger partial charge in [-0.3, -0.25) is 9.59 Å². The van der Waals surface area contributed by atoms with Crippen molar-refractivity contribution in [2.45, 2.75) is 527 Å². The molecule has 107 heavy (non-hydrogen) atoms. The van der Waals surface area contributed by atoms with Crippen molar-refractivity contribution in [1.82, 2.24) is 0 Å². The second-order valence-corrected chi connectivity index (χ2v) is 34.4. The highest BCUT2D eigenvalue weighted by molar-refractivity contribution is 5.71. The maximum atomic E-state index is 13.0. The molecular formula is C98H188NO8+. The van der Waals surface area contributed by atoms with Gasteiger partial charge in [0.25, 0.3) is 6.29 Å². The molecule has 0 saturated carbocycles. The third kappa shape index (κ3) is 90.6. The fraction of sp³-hybridized carbons (Fsp3) is 0.908. The SMILES string of the molecule is CCCCCCC/C=C\C/C=C\CCCCCCCCCCCCCCCCCCCCCCCCCCCCCCCC(=O)OC(COC(=O)CCCCCCCCCCCCCCCCCCCCCCCCCCCCCCC/C=C\CCCCCCCCCC)COC(OCC[N+](C)(C)C)C(=O)O. The fourth-order valence-electron chi connectivity index (χ4n) is 15.1. The quantitative estimate of drug-likeness (QED) is 0.0211. The van der Waals surface area contributed by atoms with Gasteiger partial charge >= 0.3 is 17.9 Å². The van der Waals surface area contributed by atoms with Gasteiger partial charge in [-0.15, -0.1) is 0 Å². The highest BCUT2D eigenvalue weighted by Crippen LogP contribution is 2.22. The summed E-state index contributed by atoms with van der Waals surface area (Å²) >= 11 is 0. The average Bonchev–Trinajstić information content (AvgIpc) is 0.965. The lowest BCUT2D eigenvalue weighted by molar-refractivity contribution is -0.870. The van der Waals surface area contributed by atoms with Crippen LogP contribution in [0.15, 0.2) is 36.5 Å². The van der Waals surface area contributed by atoms with Crippen LogP contribution in [0.2, 0.25) is 0 Å². The normalized spacial score (nSPS) is 12.6. The van der Waals surface area contributed by atoms with Crippen molar-refractivity contribution in [1.29, 1.82) is 0 Å². The van der Waals surface area contributed by atoms with Gasteiger partial charge in [-0.25, -0.2) is 4.79 Å². The van der Waals surface area contributed by atoms with Gasteiger partial charge in [0.05, 0.1) is 34.4 Å². The van der Waals surface area contributed by atoms with Crippen LogP contribution in [0.5, 0.6) is 0 Å². The Morgan fingerprint density at radius 1 is 0.280 bits per heavy atom. The molecular weight excluding hydrogens is 1320 g/mol. The Morgan fingerprint density at radius 2 is 0.505 bits per heavy atom. The molecule has 0 aromatic heterocycles. The summed E-state index contributed by atoms with van der Waals surface area (Å²) < 4.78 is 23.1. The Labute approximate surface area is 668 Å². The summed E-state index contributed by atoms with van der Waals surface area (Å²) in [5.41, 5.74) is 0. The fourth-order valence-corrected chi connectivity index (χ4v) is 15.1. The summed E-state index contributed by atoms with van der Waals surface area (Å²) in [5, 5.41) is 9.80. The number of carboxylic acids is 1. The van der Waals surface area contributed by atoms with Crippen LogP contribution in [0, 0.1) is 0 Å². The largest absolute Gasteiger partial charge is 0.477 e. The van der Waals surface area contributed by atoms with E-state index in [4.69, 9.17) is 18.9 Å². The molecule has 9 nitrogen and oxygen atoms in total. The Balaban J connectivity index is 3.85. The third-order valence-corrected chi connectivity index (χ3v) is 22.4. The molecule has 0 aromatic carbocycles. The number of aliphatic carboxylic acids is 1. The van der Waals surface area contributed by atoms with Crippen molar-refractivity contribution < 1.29 is 42.9 Å². The van der Waals surface area contributed by atoms with Crippen molar-refractivity contribution in [2.75, 3.05) is 47.5 Å². The molecule has 0 saturated heterocycles. The number of allylic oxidation sites excluding steroid dienone is 6. The topological polar surface area (TPSA) is 108 Å². The minimum atomic E-state index is -1.51. The maximum Gasteiger partial charge on any atom is 0.361 e. The van der Waals surface area contributed by atoms with E-state index in [2.05, 4.69) is 50.3 Å². The standard InChI is InChI=1S/C98H187NO8/c1-6-8-10-12-14-16-18-20-22-24-26-28-30-32-34-36-38-40-42-44-46-48-50-52-54-56-58-60-62-64-66-68-70-72-74-76-78-80-82-84-86-88-95(100)105-92-94(93-106-98(97(102)103)104-91-90-99(3,4)5)107-96(101)89-87-85-83-81-79-77-75-73-71-69-67-65-63-61-59-57-55-53-51-49-47-45-43-41-39-37-35-33-31-29-27-25-23-21-19-17-15-13-11-9-7-2/h19,21,24-27,94,98H,6-18,20,22-23,28-93H2,1-5H3/p+1/b21-19-,26-24-,27-25-. The molecule has 0 spiro atoms. The Bertz CT molecular complexity index is 1860. The number of hydrogen-bond donors (Lipinski definition) is 1. The summed E-state index contributed by atoms with van der Waals surface area (Å²) in [5.74, 6) is -1.96. The van der Waals surface area contributed by atoms with Gasteiger partial charge in [0.15, 0.2) is 6.10 Å². The van der Waals surface area contributed by atoms with Gasteiger partial charge in [-0.1, -0.05) is 468 Å². The highest BCUT2D eigenvalue weighted by Gasteiger charge is 2.25. The number of ether oxygens (including phenoxy) is 4. The first-order valence-corrected chi connectivity index (χ1v) is 48.2. The Hall–Kier alpha value is -2.49. The third-order valence-electron chi connectivity index (χ3n) is 22.4. The predicted molar refractivity (Wildman–Crippen MR) is 466 cm³/mol. The lowest BCUT2D eigenvalue weighted by Gasteiger charge is -2.25. The number of hydrogen-bond acceptors (Lipinski definition) is 7. The highest BCUT2D eigenvalue weighted by atomic mass is 16.7. The monoisotopic (exact) mass is 1510 g/mol. The van der Waals surface area contributed by atoms with Crippen molar-refractivity contribution in [2.24, 2.45) is 0 Å². The molecule has 0 aromatic rings. The zero-order chi connectivity index (χ0) is 77.4. The second kappa shape index (κ2) is 89.1. The molecule has 0 aliphatic heterocycles. The van der Waals surface area contributed by atoms with Crippen LogP contribution in [0.3, 0.4) is 0 Å². The number of nitrogens with zero attached hydrogens (tertiary/aromatic N) is 1.